The third-order valence-electron chi connectivity index (χ3n) is 2.29. The molecule has 0 fully saturated rings. The number of rotatable bonds is 5. The highest BCUT2D eigenvalue weighted by Gasteiger charge is 2.17. The summed E-state index contributed by atoms with van der Waals surface area (Å²) in [6, 6.07) is -0.156. The van der Waals surface area contributed by atoms with Gasteiger partial charge in [-0.25, -0.2) is 0 Å². The minimum absolute atomic E-state index is 0.156. The number of hydrogen-bond acceptors (Lipinski definition) is 5. The quantitative estimate of drug-likeness (QED) is 0.802. The van der Waals surface area contributed by atoms with E-state index in [1.54, 1.807) is 0 Å². The number of nitrogens with zero attached hydrogens (tertiary/aromatic N) is 3. The molecule has 0 aliphatic heterocycles. The van der Waals surface area contributed by atoms with Crippen molar-refractivity contribution < 1.29 is 4.52 Å². The van der Waals surface area contributed by atoms with Crippen LogP contribution in [0.2, 0.25) is 0 Å². The molecule has 0 saturated carbocycles. The van der Waals surface area contributed by atoms with Crippen molar-refractivity contribution in [1.82, 2.24) is 10.1 Å². The first-order valence-electron chi connectivity index (χ1n) is 5.34. The van der Waals surface area contributed by atoms with Crippen LogP contribution < -0.4 is 10.6 Å². The lowest BCUT2D eigenvalue weighted by Gasteiger charge is -2.10. The zero-order chi connectivity index (χ0) is 11.4. The van der Waals surface area contributed by atoms with Gasteiger partial charge >= 0.3 is 0 Å². The Balaban J connectivity index is 2.66. The van der Waals surface area contributed by atoms with Gasteiger partial charge in [-0.05, 0) is 24.4 Å². The summed E-state index contributed by atoms with van der Waals surface area (Å²) < 4.78 is 5.12. The Morgan fingerprint density at radius 1 is 1.47 bits per heavy atom. The maximum absolute atomic E-state index is 5.94. The van der Waals surface area contributed by atoms with Gasteiger partial charge in [-0.2, -0.15) is 4.98 Å². The van der Waals surface area contributed by atoms with Gasteiger partial charge < -0.3 is 15.2 Å². The third-order valence-corrected chi connectivity index (χ3v) is 2.29. The molecule has 1 rings (SSSR count). The van der Waals surface area contributed by atoms with Crippen molar-refractivity contribution in [1.29, 1.82) is 0 Å². The van der Waals surface area contributed by atoms with Gasteiger partial charge in [0.2, 0.25) is 5.89 Å². The summed E-state index contributed by atoms with van der Waals surface area (Å²) in [5.74, 6) is 1.66. The highest BCUT2D eigenvalue weighted by molar-refractivity contribution is 5.25. The van der Waals surface area contributed by atoms with Gasteiger partial charge in [-0.1, -0.05) is 13.8 Å². The molecule has 1 aromatic rings. The molecule has 0 aliphatic rings. The molecule has 0 bridgehead atoms. The highest BCUT2D eigenvalue weighted by atomic mass is 16.5. The molecule has 1 unspecified atom stereocenters. The first-order chi connectivity index (χ1) is 7.04. The van der Waals surface area contributed by atoms with Gasteiger partial charge in [0.1, 0.15) is 0 Å². The molecule has 86 valence electrons. The molecular formula is C10H20N4O. The maximum Gasteiger partial charge on any atom is 0.265 e. The molecule has 1 heterocycles. The molecule has 2 N–H and O–H groups in total. The van der Waals surface area contributed by atoms with E-state index in [4.69, 9.17) is 10.3 Å². The zero-order valence-electron chi connectivity index (χ0n) is 9.90. The fraction of sp³-hybridized carbons (Fsp3) is 0.800. The Morgan fingerprint density at radius 3 is 2.67 bits per heavy atom. The summed E-state index contributed by atoms with van der Waals surface area (Å²) in [6.07, 6.45) is 0.859. The van der Waals surface area contributed by atoms with Gasteiger partial charge in [-0.3, -0.25) is 0 Å². The van der Waals surface area contributed by atoms with E-state index in [2.05, 4.69) is 24.0 Å². The summed E-state index contributed by atoms with van der Waals surface area (Å²) in [4.78, 5) is 6.17. The Morgan fingerprint density at radius 2 is 2.13 bits per heavy atom. The maximum atomic E-state index is 5.94. The summed E-state index contributed by atoms with van der Waals surface area (Å²) in [7, 11) is 1.92. The molecule has 5 heteroatoms. The molecule has 0 radical (unpaired) electrons. The van der Waals surface area contributed by atoms with E-state index in [1.807, 2.05) is 18.9 Å². The van der Waals surface area contributed by atoms with E-state index in [0.29, 0.717) is 17.8 Å². The van der Waals surface area contributed by atoms with Crippen LogP contribution >= 0.6 is 0 Å². The van der Waals surface area contributed by atoms with Crippen molar-refractivity contribution in [2.45, 2.75) is 33.2 Å². The van der Waals surface area contributed by atoms with Gasteiger partial charge in [-0.15, -0.1) is 0 Å². The fourth-order valence-electron chi connectivity index (χ4n) is 1.28. The van der Waals surface area contributed by atoms with Crippen LogP contribution in [0.1, 0.15) is 39.1 Å². The van der Waals surface area contributed by atoms with Gasteiger partial charge in [0.15, 0.2) is 0 Å². The lowest BCUT2D eigenvalue weighted by atomic mass is 10.0. The number of nitrogens with two attached hydrogens (primary N) is 1. The second kappa shape index (κ2) is 5.11. The second-order valence-electron chi connectivity index (χ2n) is 4.18. The van der Waals surface area contributed by atoms with E-state index >= 15 is 0 Å². The average molecular weight is 212 g/mol. The van der Waals surface area contributed by atoms with Crippen molar-refractivity contribution in [3.63, 3.8) is 0 Å². The van der Waals surface area contributed by atoms with Crippen molar-refractivity contribution in [2.24, 2.45) is 11.7 Å². The van der Waals surface area contributed by atoms with Crippen LogP contribution in [0, 0.1) is 5.92 Å². The first kappa shape index (κ1) is 12.0. The van der Waals surface area contributed by atoms with Gasteiger partial charge in [0.25, 0.3) is 5.95 Å². The van der Waals surface area contributed by atoms with E-state index in [0.717, 1.165) is 13.0 Å². The second-order valence-corrected chi connectivity index (χ2v) is 4.18. The van der Waals surface area contributed by atoms with Crippen LogP contribution in [0.25, 0.3) is 0 Å². The van der Waals surface area contributed by atoms with Crippen molar-refractivity contribution in [2.75, 3.05) is 18.5 Å². The van der Waals surface area contributed by atoms with Crippen LogP contribution in [0.15, 0.2) is 4.52 Å². The lowest BCUT2D eigenvalue weighted by Crippen LogP contribution is -2.18. The van der Waals surface area contributed by atoms with E-state index in [1.165, 1.54) is 0 Å². The lowest BCUT2D eigenvalue weighted by molar-refractivity contribution is 0.335. The molecule has 0 aromatic carbocycles. The standard InChI is InChI=1S/C10H20N4O/c1-5-14(4)10-12-9(15-13-10)8(11)6-7(2)3/h7-8H,5-6,11H2,1-4H3. The first-order valence-corrected chi connectivity index (χ1v) is 5.34. The summed E-state index contributed by atoms with van der Waals surface area (Å²) in [5, 5.41) is 3.88. The van der Waals surface area contributed by atoms with Gasteiger partial charge in [0, 0.05) is 13.6 Å². The van der Waals surface area contributed by atoms with E-state index in [-0.39, 0.29) is 6.04 Å². The minimum Gasteiger partial charge on any atom is -0.342 e. The Kier molecular flexibility index (Phi) is 4.08. The van der Waals surface area contributed by atoms with Crippen molar-refractivity contribution in [3.05, 3.63) is 5.89 Å². The normalized spacial score (nSPS) is 13.2. The van der Waals surface area contributed by atoms with Crippen LogP contribution in [0.4, 0.5) is 5.95 Å². The van der Waals surface area contributed by atoms with Crippen LogP contribution in [-0.2, 0) is 0 Å². The number of hydrogen-bond donors (Lipinski definition) is 1. The molecule has 0 spiro atoms. The summed E-state index contributed by atoms with van der Waals surface area (Å²) in [6.45, 7) is 7.12. The fourth-order valence-corrected chi connectivity index (χ4v) is 1.28. The zero-order valence-corrected chi connectivity index (χ0v) is 9.90. The van der Waals surface area contributed by atoms with E-state index in [9.17, 15) is 0 Å². The Bertz CT molecular complexity index is 297. The summed E-state index contributed by atoms with van der Waals surface area (Å²) in [5.41, 5.74) is 5.94. The molecule has 0 amide bonds. The molecule has 15 heavy (non-hydrogen) atoms. The highest BCUT2D eigenvalue weighted by Crippen LogP contribution is 2.18. The monoisotopic (exact) mass is 212 g/mol. The molecule has 0 aliphatic carbocycles. The molecular weight excluding hydrogens is 192 g/mol. The smallest absolute Gasteiger partial charge is 0.265 e. The average Bonchev–Trinajstić information content (AvgIpc) is 2.64. The van der Waals surface area contributed by atoms with Crippen LogP contribution in [-0.4, -0.2) is 23.7 Å². The third kappa shape index (κ3) is 3.20. The van der Waals surface area contributed by atoms with Gasteiger partial charge in [0.05, 0.1) is 6.04 Å². The largest absolute Gasteiger partial charge is 0.342 e. The Hall–Kier alpha value is -1.10. The molecule has 5 nitrogen and oxygen atoms in total. The van der Waals surface area contributed by atoms with E-state index < -0.39 is 0 Å². The SMILES string of the molecule is CCN(C)c1noc(C(N)CC(C)C)n1. The van der Waals surface area contributed by atoms with Crippen LogP contribution in [0.3, 0.4) is 0 Å². The molecule has 0 saturated heterocycles. The Labute approximate surface area is 90.6 Å². The minimum atomic E-state index is -0.156. The summed E-state index contributed by atoms with van der Waals surface area (Å²) >= 11 is 0. The van der Waals surface area contributed by atoms with Crippen molar-refractivity contribution in [3.8, 4) is 0 Å². The number of aromatic nitrogens is 2. The topological polar surface area (TPSA) is 68.2 Å². The van der Waals surface area contributed by atoms with Crippen molar-refractivity contribution >= 4 is 5.95 Å². The number of anilines is 1. The molecule has 1 atom stereocenters. The predicted octanol–water partition coefficient (Wildman–Crippen LogP) is 1.57. The van der Waals surface area contributed by atoms with Crippen LogP contribution in [0.5, 0.6) is 0 Å². The predicted molar refractivity (Wildman–Crippen MR) is 59.6 cm³/mol. The molecule has 1 aromatic heterocycles.